The molecular formula is C22H18F2O5. The van der Waals surface area contributed by atoms with Crippen LogP contribution in [0.2, 0.25) is 0 Å². The third-order valence-electron chi connectivity index (χ3n) is 3.52. The number of hydrogen-bond donors (Lipinski definition) is 0. The summed E-state index contributed by atoms with van der Waals surface area (Å²) in [6.45, 7) is 9.76. The van der Waals surface area contributed by atoms with E-state index in [2.05, 4.69) is 17.9 Å². The number of esters is 2. The van der Waals surface area contributed by atoms with Gasteiger partial charge in [0, 0.05) is 11.1 Å². The lowest BCUT2D eigenvalue weighted by molar-refractivity contribution is -0.133. The van der Waals surface area contributed by atoms with Crippen LogP contribution < -0.4 is 9.47 Å². The molecule has 0 fully saturated rings. The Kier molecular flexibility index (Phi) is 7.03. The molecule has 0 heterocycles. The zero-order valence-corrected chi connectivity index (χ0v) is 15.8. The first kappa shape index (κ1) is 21.6. The van der Waals surface area contributed by atoms with Gasteiger partial charge in [-0.15, -0.1) is 0 Å². The van der Waals surface area contributed by atoms with Crippen LogP contribution in [0.25, 0.3) is 11.1 Å². The lowest BCUT2D eigenvalue weighted by atomic mass is 10.0. The minimum atomic E-state index is -0.778. The first-order valence-electron chi connectivity index (χ1n) is 8.34. The minimum Gasteiger partial charge on any atom is -0.459 e. The Labute approximate surface area is 166 Å². The minimum absolute atomic E-state index is 0.121. The van der Waals surface area contributed by atoms with Gasteiger partial charge >= 0.3 is 11.9 Å². The second kappa shape index (κ2) is 9.45. The smallest absolute Gasteiger partial charge is 0.338 e. The Balaban J connectivity index is 2.11. The van der Waals surface area contributed by atoms with Gasteiger partial charge in [-0.3, -0.25) is 0 Å². The summed E-state index contributed by atoms with van der Waals surface area (Å²) in [6, 6.07) is 7.87. The molecule has 2 rings (SSSR count). The van der Waals surface area contributed by atoms with E-state index in [-0.39, 0.29) is 22.6 Å². The number of carbonyl (C=O) groups is 2. The van der Waals surface area contributed by atoms with Crippen molar-refractivity contribution in [1.82, 2.24) is 0 Å². The SMILES string of the molecule is C=C(C)C(=O)O/C=C\Oc1ccc(-c2ccc(OC(=O)C(=C)C)c(F)c2)cc1F. The quantitative estimate of drug-likeness (QED) is 0.281. The molecular weight excluding hydrogens is 382 g/mol. The van der Waals surface area contributed by atoms with E-state index in [4.69, 9.17) is 9.47 Å². The van der Waals surface area contributed by atoms with E-state index in [0.717, 1.165) is 24.7 Å². The van der Waals surface area contributed by atoms with Crippen LogP contribution in [0.1, 0.15) is 13.8 Å². The molecule has 0 aliphatic carbocycles. The van der Waals surface area contributed by atoms with Crippen LogP contribution >= 0.6 is 0 Å². The van der Waals surface area contributed by atoms with Gasteiger partial charge in [0.15, 0.2) is 23.1 Å². The Hall–Kier alpha value is -3.74. The number of benzene rings is 2. The predicted molar refractivity (Wildman–Crippen MR) is 103 cm³/mol. The zero-order valence-electron chi connectivity index (χ0n) is 15.8. The van der Waals surface area contributed by atoms with Crippen LogP contribution in [0, 0.1) is 11.6 Å². The van der Waals surface area contributed by atoms with E-state index in [1.807, 2.05) is 0 Å². The van der Waals surface area contributed by atoms with Gasteiger partial charge in [-0.25, -0.2) is 18.4 Å². The van der Waals surface area contributed by atoms with Crippen LogP contribution in [0.4, 0.5) is 8.78 Å². The molecule has 0 N–H and O–H groups in total. The first-order valence-corrected chi connectivity index (χ1v) is 8.34. The van der Waals surface area contributed by atoms with Gasteiger partial charge in [-0.1, -0.05) is 25.3 Å². The lowest BCUT2D eigenvalue weighted by Gasteiger charge is -2.09. The monoisotopic (exact) mass is 400 g/mol. The normalized spacial score (nSPS) is 10.5. The summed E-state index contributed by atoms with van der Waals surface area (Å²) in [5.74, 6) is -3.25. The van der Waals surface area contributed by atoms with E-state index in [9.17, 15) is 18.4 Å². The Morgan fingerprint density at radius 3 is 1.83 bits per heavy atom. The molecule has 0 unspecified atom stereocenters. The standard InChI is InChI=1S/C22H18F2O5/c1-13(2)21(25)28-10-9-27-19-7-5-15(11-17(19)23)16-6-8-20(18(24)12-16)29-22(26)14(3)4/h5-12H,1,3H2,2,4H3/b10-9-. The molecule has 7 heteroatoms. The Morgan fingerprint density at radius 2 is 1.34 bits per heavy atom. The molecule has 2 aromatic carbocycles. The molecule has 150 valence electrons. The second-order valence-corrected chi connectivity index (χ2v) is 6.04. The van der Waals surface area contributed by atoms with E-state index in [1.165, 1.54) is 38.1 Å². The van der Waals surface area contributed by atoms with Gasteiger partial charge in [0.05, 0.1) is 0 Å². The van der Waals surface area contributed by atoms with Crippen LogP contribution in [-0.2, 0) is 14.3 Å². The fourth-order valence-electron chi connectivity index (χ4n) is 2.02. The summed E-state index contributed by atoms with van der Waals surface area (Å²) in [4.78, 5) is 22.7. The third kappa shape index (κ3) is 5.87. The molecule has 5 nitrogen and oxygen atoms in total. The van der Waals surface area contributed by atoms with Gasteiger partial charge in [0.25, 0.3) is 0 Å². The van der Waals surface area contributed by atoms with Gasteiger partial charge in [-0.05, 0) is 49.2 Å². The summed E-state index contributed by atoms with van der Waals surface area (Å²) in [5, 5.41) is 0. The van der Waals surface area contributed by atoms with Crippen molar-refractivity contribution in [3.05, 3.63) is 84.9 Å². The number of halogens is 2. The third-order valence-corrected chi connectivity index (χ3v) is 3.52. The highest BCUT2D eigenvalue weighted by Crippen LogP contribution is 2.29. The Bertz CT molecular complexity index is 1010. The number of rotatable bonds is 7. The molecule has 0 aliphatic rings. The number of carbonyl (C=O) groups excluding carboxylic acids is 2. The average Bonchev–Trinajstić information content (AvgIpc) is 2.67. The maximum absolute atomic E-state index is 14.2. The maximum atomic E-state index is 14.2. The number of hydrogen-bond acceptors (Lipinski definition) is 5. The average molecular weight is 400 g/mol. The van der Waals surface area contributed by atoms with Crippen molar-refractivity contribution in [2.24, 2.45) is 0 Å². The molecule has 0 radical (unpaired) electrons. The zero-order chi connectivity index (χ0) is 21.6. The maximum Gasteiger partial charge on any atom is 0.338 e. The van der Waals surface area contributed by atoms with Crippen LogP contribution in [0.5, 0.6) is 11.5 Å². The molecule has 0 aromatic heterocycles. The molecule has 0 saturated carbocycles. The summed E-state index contributed by atoms with van der Waals surface area (Å²) in [7, 11) is 0. The summed E-state index contributed by atoms with van der Waals surface area (Å²) >= 11 is 0. The van der Waals surface area contributed by atoms with Crippen LogP contribution in [0.3, 0.4) is 0 Å². The number of ether oxygens (including phenoxy) is 3. The van der Waals surface area contributed by atoms with Crippen molar-refractivity contribution in [3.63, 3.8) is 0 Å². The summed E-state index contributed by atoms with van der Waals surface area (Å²) in [6.07, 6.45) is 1.97. The van der Waals surface area contributed by atoms with E-state index >= 15 is 0 Å². The Morgan fingerprint density at radius 1 is 0.828 bits per heavy atom. The van der Waals surface area contributed by atoms with Crippen LogP contribution in [-0.4, -0.2) is 11.9 Å². The molecule has 0 spiro atoms. The van der Waals surface area contributed by atoms with E-state index in [1.54, 1.807) is 0 Å². The topological polar surface area (TPSA) is 61.8 Å². The molecule has 0 amide bonds. The molecule has 0 atom stereocenters. The van der Waals surface area contributed by atoms with Crippen molar-refractivity contribution in [2.75, 3.05) is 0 Å². The highest BCUT2D eigenvalue weighted by atomic mass is 19.1. The van der Waals surface area contributed by atoms with E-state index < -0.39 is 23.6 Å². The van der Waals surface area contributed by atoms with Gasteiger partial charge in [0.2, 0.25) is 0 Å². The molecule has 29 heavy (non-hydrogen) atoms. The molecule has 0 saturated heterocycles. The fourth-order valence-corrected chi connectivity index (χ4v) is 2.02. The van der Waals surface area contributed by atoms with Crippen molar-refractivity contribution >= 4 is 11.9 Å². The first-order chi connectivity index (χ1) is 13.7. The van der Waals surface area contributed by atoms with Crippen molar-refractivity contribution in [2.45, 2.75) is 13.8 Å². The fraction of sp³-hybridized carbons (Fsp3) is 0.0909. The predicted octanol–water partition coefficient (Wildman–Crippen LogP) is 5.08. The van der Waals surface area contributed by atoms with E-state index in [0.29, 0.717) is 11.1 Å². The van der Waals surface area contributed by atoms with Crippen molar-refractivity contribution < 1.29 is 32.6 Å². The lowest BCUT2D eigenvalue weighted by Crippen LogP contribution is -2.09. The molecule has 0 aliphatic heterocycles. The molecule has 0 bridgehead atoms. The van der Waals surface area contributed by atoms with Gasteiger partial charge in [-0.2, -0.15) is 0 Å². The second-order valence-electron chi connectivity index (χ2n) is 6.04. The van der Waals surface area contributed by atoms with Crippen LogP contribution in [0.15, 0.2) is 73.2 Å². The van der Waals surface area contributed by atoms with Crippen molar-refractivity contribution in [3.8, 4) is 22.6 Å². The summed E-state index contributed by atoms with van der Waals surface area (Å²) in [5.41, 5.74) is 1.09. The van der Waals surface area contributed by atoms with Crippen molar-refractivity contribution in [1.29, 1.82) is 0 Å². The highest BCUT2D eigenvalue weighted by Gasteiger charge is 2.12. The largest absolute Gasteiger partial charge is 0.459 e. The summed E-state index contributed by atoms with van der Waals surface area (Å²) < 4.78 is 43.0. The highest BCUT2D eigenvalue weighted by molar-refractivity contribution is 5.89. The van der Waals surface area contributed by atoms with Gasteiger partial charge in [0.1, 0.15) is 12.5 Å². The molecule has 2 aromatic rings. The van der Waals surface area contributed by atoms with Gasteiger partial charge < -0.3 is 14.2 Å².